The number of carbonyl (C=O) groups excluding carboxylic acids is 1. The van der Waals surface area contributed by atoms with Crippen molar-refractivity contribution in [3.05, 3.63) is 17.5 Å². The lowest BCUT2D eigenvalue weighted by molar-refractivity contribution is 0.0888. The fourth-order valence-electron chi connectivity index (χ4n) is 2.10. The first kappa shape index (κ1) is 16.7. The second-order valence-electron chi connectivity index (χ2n) is 6.17. The molecular weight excluding hydrogens is 252 g/mol. The van der Waals surface area contributed by atoms with Gasteiger partial charge in [0.2, 0.25) is 0 Å². The first-order valence-corrected chi connectivity index (χ1v) is 7.67. The van der Waals surface area contributed by atoms with Gasteiger partial charge in [-0.05, 0) is 18.8 Å². The van der Waals surface area contributed by atoms with Gasteiger partial charge in [-0.25, -0.2) is 0 Å². The number of unbranched alkanes of at least 4 members (excludes halogenated alkanes) is 2. The maximum Gasteiger partial charge on any atom is 0.273 e. The number of rotatable bonds is 8. The number of aryl methyl sites for hydroxylation is 1. The van der Waals surface area contributed by atoms with Gasteiger partial charge in [-0.3, -0.25) is 4.79 Å². The van der Waals surface area contributed by atoms with Crippen LogP contribution in [0.5, 0.6) is 0 Å². The van der Waals surface area contributed by atoms with Crippen LogP contribution in [-0.4, -0.2) is 17.1 Å². The Kier molecular flexibility index (Phi) is 6.24. The molecule has 0 radical (unpaired) electrons. The molecule has 0 aliphatic heterocycles. The molecule has 1 heterocycles. The van der Waals surface area contributed by atoms with E-state index >= 15 is 0 Å². The molecule has 1 atom stereocenters. The van der Waals surface area contributed by atoms with Crippen LogP contribution in [-0.2, 0) is 6.42 Å². The molecule has 0 bridgehead atoms. The summed E-state index contributed by atoms with van der Waals surface area (Å²) in [6.45, 7) is 10.6. The first-order chi connectivity index (χ1) is 9.40. The smallest absolute Gasteiger partial charge is 0.273 e. The van der Waals surface area contributed by atoms with Gasteiger partial charge < -0.3 is 9.84 Å². The van der Waals surface area contributed by atoms with Crippen LogP contribution in [0.1, 0.15) is 76.6 Å². The second-order valence-corrected chi connectivity index (χ2v) is 6.17. The number of hydrogen-bond donors (Lipinski definition) is 1. The van der Waals surface area contributed by atoms with E-state index in [0.29, 0.717) is 5.69 Å². The highest BCUT2D eigenvalue weighted by molar-refractivity contribution is 5.92. The van der Waals surface area contributed by atoms with Crippen molar-refractivity contribution in [2.45, 2.75) is 72.8 Å². The van der Waals surface area contributed by atoms with Gasteiger partial charge in [-0.15, -0.1) is 0 Å². The fraction of sp³-hybridized carbons (Fsp3) is 0.750. The average Bonchev–Trinajstić information content (AvgIpc) is 2.87. The monoisotopic (exact) mass is 280 g/mol. The molecule has 1 rings (SSSR count). The highest BCUT2D eigenvalue weighted by atomic mass is 16.5. The molecule has 114 valence electrons. The number of aromatic nitrogens is 1. The lowest BCUT2D eigenvalue weighted by Gasteiger charge is -2.32. The lowest BCUT2D eigenvalue weighted by atomic mass is 9.80. The fourth-order valence-corrected chi connectivity index (χ4v) is 2.10. The van der Waals surface area contributed by atoms with Crippen molar-refractivity contribution >= 4 is 5.91 Å². The van der Waals surface area contributed by atoms with E-state index in [9.17, 15) is 4.79 Å². The van der Waals surface area contributed by atoms with Gasteiger partial charge in [-0.1, -0.05) is 52.1 Å². The molecule has 20 heavy (non-hydrogen) atoms. The maximum absolute atomic E-state index is 12.1. The van der Waals surface area contributed by atoms with Crippen molar-refractivity contribution in [3.63, 3.8) is 0 Å². The number of nitrogens with zero attached hydrogens (tertiary/aromatic N) is 1. The quantitative estimate of drug-likeness (QED) is 0.733. The zero-order valence-corrected chi connectivity index (χ0v) is 13.5. The van der Waals surface area contributed by atoms with Crippen molar-refractivity contribution in [1.82, 2.24) is 10.5 Å². The van der Waals surface area contributed by atoms with Crippen LogP contribution >= 0.6 is 0 Å². The number of hydrogen-bond acceptors (Lipinski definition) is 3. The summed E-state index contributed by atoms with van der Waals surface area (Å²) in [6.07, 6.45) is 5.52. The lowest BCUT2D eigenvalue weighted by Crippen LogP contribution is -2.43. The SMILES string of the molecule is CCCCCC(C)(C)C(C)NC(=O)c1cc(CC)on1. The van der Waals surface area contributed by atoms with E-state index in [-0.39, 0.29) is 17.4 Å². The van der Waals surface area contributed by atoms with Crippen LogP contribution in [0.2, 0.25) is 0 Å². The third-order valence-electron chi connectivity index (χ3n) is 4.08. The minimum absolute atomic E-state index is 0.0855. The highest BCUT2D eigenvalue weighted by Gasteiger charge is 2.27. The van der Waals surface area contributed by atoms with E-state index in [2.05, 4.69) is 38.2 Å². The predicted molar refractivity (Wildman–Crippen MR) is 80.7 cm³/mol. The number of amides is 1. The molecule has 1 aromatic rings. The zero-order chi connectivity index (χ0) is 15.2. The first-order valence-electron chi connectivity index (χ1n) is 7.67. The molecule has 0 aliphatic carbocycles. The van der Waals surface area contributed by atoms with E-state index in [1.807, 2.05) is 6.92 Å². The van der Waals surface area contributed by atoms with Crippen molar-refractivity contribution in [1.29, 1.82) is 0 Å². The third-order valence-corrected chi connectivity index (χ3v) is 4.08. The summed E-state index contributed by atoms with van der Waals surface area (Å²) in [5.74, 6) is 0.592. The molecule has 0 spiro atoms. The second kappa shape index (κ2) is 7.46. The Morgan fingerprint density at radius 1 is 1.40 bits per heavy atom. The van der Waals surface area contributed by atoms with Gasteiger partial charge >= 0.3 is 0 Å². The van der Waals surface area contributed by atoms with Crippen LogP contribution < -0.4 is 5.32 Å². The van der Waals surface area contributed by atoms with E-state index in [4.69, 9.17) is 4.52 Å². The summed E-state index contributed by atoms with van der Waals surface area (Å²) >= 11 is 0. The minimum atomic E-state index is -0.149. The molecule has 0 fully saturated rings. The van der Waals surface area contributed by atoms with Gasteiger partial charge in [0.1, 0.15) is 5.76 Å². The Morgan fingerprint density at radius 3 is 2.65 bits per heavy atom. The topological polar surface area (TPSA) is 55.1 Å². The van der Waals surface area contributed by atoms with Gasteiger partial charge in [-0.2, -0.15) is 0 Å². The number of nitrogens with one attached hydrogen (secondary N) is 1. The largest absolute Gasteiger partial charge is 0.361 e. The van der Waals surface area contributed by atoms with E-state index < -0.39 is 0 Å². The molecule has 0 aromatic carbocycles. The number of carbonyl (C=O) groups is 1. The molecule has 1 N–H and O–H groups in total. The molecule has 0 aliphatic rings. The summed E-state index contributed by atoms with van der Waals surface area (Å²) < 4.78 is 5.07. The summed E-state index contributed by atoms with van der Waals surface area (Å²) in [7, 11) is 0. The van der Waals surface area contributed by atoms with Crippen LogP contribution in [0.4, 0.5) is 0 Å². The van der Waals surface area contributed by atoms with Crippen molar-refractivity contribution in [2.24, 2.45) is 5.41 Å². The summed E-state index contributed by atoms with van der Waals surface area (Å²) in [4.78, 5) is 12.1. The van der Waals surface area contributed by atoms with Crippen molar-refractivity contribution < 1.29 is 9.32 Å². The van der Waals surface area contributed by atoms with Crippen LogP contribution in [0.25, 0.3) is 0 Å². The summed E-state index contributed by atoms with van der Waals surface area (Å²) in [5, 5.41) is 6.85. The normalized spacial score (nSPS) is 13.2. The van der Waals surface area contributed by atoms with Gasteiger partial charge in [0.25, 0.3) is 5.91 Å². The molecule has 1 amide bonds. The molecule has 0 saturated heterocycles. The molecule has 4 heteroatoms. The summed E-state index contributed by atoms with van der Waals surface area (Å²) in [6, 6.07) is 1.82. The summed E-state index contributed by atoms with van der Waals surface area (Å²) in [5.41, 5.74) is 0.459. The standard InChI is InChI=1S/C16H28N2O2/c1-6-8-9-10-16(4,5)12(3)17-15(19)14-11-13(7-2)20-18-14/h11-12H,6-10H2,1-5H3,(H,17,19). The Labute approximate surface area is 122 Å². The Morgan fingerprint density at radius 2 is 2.10 bits per heavy atom. The van der Waals surface area contributed by atoms with Gasteiger partial charge in [0.05, 0.1) is 0 Å². The van der Waals surface area contributed by atoms with E-state index in [0.717, 1.165) is 18.6 Å². The molecule has 4 nitrogen and oxygen atoms in total. The van der Waals surface area contributed by atoms with Crippen molar-refractivity contribution in [2.75, 3.05) is 0 Å². The molecule has 1 aromatic heterocycles. The minimum Gasteiger partial charge on any atom is -0.361 e. The molecular formula is C16H28N2O2. The third kappa shape index (κ3) is 4.66. The van der Waals surface area contributed by atoms with E-state index in [1.165, 1.54) is 19.3 Å². The predicted octanol–water partition coefficient (Wildman–Crippen LogP) is 3.96. The Bertz CT molecular complexity index is 424. The Hall–Kier alpha value is -1.32. The Balaban J connectivity index is 2.55. The molecule has 1 unspecified atom stereocenters. The highest BCUT2D eigenvalue weighted by Crippen LogP contribution is 2.28. The van der Waals surface area contributed by atoms with Crippen molar-refractivity contribution in [3.8, 4) is 0 Å². The zero-order valence-electron chi connectivity index (χ0n) is 13.5. The van der Waals surface area contributed by atoms with Crippen LogP contribution in [0, 0.1) is 5.41 Å². The maximum atomic E-state index is 12.1. The van der Waals surface area contributed by atoms with Crippen LogP contribution in [0.15, 0.2) is 10.6 Å². The van der Waals surface area contributed by atoms with E-state index in [1.54, 1.807) is 6.07 Å². The molecule has 0 saturated carbocycles. The van der Waals surface area contributed by atoms with Gasteiger partial charge in [0, 0.05) is 18.5 Å². The van der Waals surface area contributed by atoms with Gasteiger partial charge in [0.15, 0.2) is 5.69 Å². The van der Waals surface area contributed by atoms with Crippen LogP contribution in [0.3, 0.4) is 0 Å². The average molecular weight is 280 g/mol.